The standard InChI is InChI=1S/C21H21ClN2O2/c1-14(7-8-15-5-3-2-4-6-15)23-21(25)18-13-16-17(22)9-10-19-20(16)24(18)11-12-26-19/h2-6,9-10,13-14H,7-8,11-12H2,1H3,(H,23,25)/t14-/m0/s1. The molecule has 134 valence electrons. The Morgan fingerprint density at radius 3 is 2.88 bits per heavy atom. The summed E-state index contributed by atoms with van der Waals surface area (Å²) in [4.78, 5) is 12.8. The van der Waals surface area contributed by atoms with Crippen molar-refractivity contribution in [3.05, 3.63) is 64.8 Å². The van der Waals surface area contributed by atoms with Crippen molar-refractivity contribution >= 4 is 28.4 Å². The van der Waals surface area contributed by atoms with E-state index in [-0.39, 0.29) is 11.9 Å². The van der Waals surface area contributed by atoms with Crippen LogP contribution in [0.25, 0.3) is 10.9 Å². The van der Waals surface area contributed by atoms with Crippen LogP contribution in [0.3, 0.4) is 0 Å². The SMILES string of the molecule is C[C@@H](CCc1ccccc1)NC(=O)c1cc2c(Cl)ccc3c2n1CCO3. The van der Waals surface area contributed by atoms with Crippen molar-refractivity contribution in [2.75, 3.05) is 6.61 Å². The number of benzene rings is 2. The Labute approximate surface area is 157 Å². The molecule has 0 saturated carbocycles. The van der Waals surface area contributed by atoms with Crippen molar-refractivity contribution in [1.29, 1.82) is 0 Å². The van der Waals surface area contributed by atoms with Crippen LogP contribution in [0.5, 0.6) is 5.75 Å². The van der Waals surface area contributed by atoms with E-state index in [1.807, 2.05) is 47.9 Å². The first kappa shape index (κ1) is 17.0. The fourth-order valence-corrected chi connectivity index (χ4v) is 3.70. The number of hydrogen-bond acceptors (Lipinski definition) is 2. The van der Waals surface area contributed by atoms with Crippen LogP contribution in [0.15, 0.2) is 48.5 Å². The molecule has 0 unspecified atom stereocenters. The Bertz CT molecular complexity index is 950. The zero-order valence-corrected chi connectivity index (χ0v) is 15.4. The van der Waals surface area contributed by atoms with Gasteiger partial charge in [0.05, 0.1) is 17.1 Å². The second-order valence-electron chi connectivity index (χ2n) is 6.74. The minimum absolute atomic E-state index is 0.0642. The van der Waals surface area contributed by atoms with E-state index >= 15 is 0 Å². The minimum Gasteiger partial charge on any atom is -0.490 e. The summed E-state index contributed by atoms with van der Waals surface area (Å²) in [7, 11) is 0. The number of halogens is 1. The first-order valence-electron chi connectivity index (χ1n) is 8.93. The van der Waals surface area contributed by atoms with Gasteiger partial charge in [-0.1, -0.05) is 41.9 Å². The van der Waals surface area contributed by atoms with Crippen molar-refractivity contribution in [3.8, 4) is 5.75 Å². The molecule has 0 spiro atoms. The zero-order chi connectivity index (χ0) is 18.1. The number of ether oxygens (including phenoxy) is 1. The van der Waals surface area contributed by atoms with E-state index in [0.29, 0.717) is 23.9 Å². The van der Waals surface area contributed by atoms with Gasteiger partial charge in [0.2, 0.25) is 0 Å². The molecule has 1 amide bonds. The average Bonchev–Trinajstić information content (AvgIpc) is 3.06. The number of aromatic nitrogens is 1. The van der Waals surface area contributed by atoms with E-state index in [0.717, 1.165) is 29.5 Å². The van der Waals surface area contributed by atoms with Crippen molar-refractivity contribution in [3.63, 3.8) is 0 Å². The summed E-state index contributed by atoms with van der Waals surface area (Å²) >= 11 is 6.32. The van der Waals surface area contributed by atoms with E-state index in [2.05, 4.69) is 17.4 Å². The molecule has 0 aliphatic carbocycles. The molecule has 26 heavy (non-hydrogen) atoms. The number of nitrogens with one attached hydrogen (secondary N) is 1. The number of aryl methyl sites for hydroxylation is 1. The van der Waals surface area contributed by atoms with Crippen LogP contribution in [0.4, 0.5) is 0 Å². The van der Waals surface area contributed by atoms with Gasteiger partial charge >= 0.3 is 0 Å². The monoisotopic (exact) mass is 368 g/mol. The van der Waals surface area contributed by atoms with Crippen LogP contribution in [0.1, 0.15) is 29.4 Å². The molecule has 1 aromatic heterocycles. The van der Waals surface area contributed by atoms with E-state index in [9.17, 15) is 4.79 Å². The Hall–Kier alpha value is -2.46. The van der Waals surface area contributed by atoms with Crippen molar-refractivity contribution < 1.29 is 9.53 Å². The van der Waals surface area contributed by atoms with Gasteiger partial charge in [-0.25, -0.2) is 0 Å². The number of carbonyl (C=O) groups is 1. The lowest BCUT2D eigenvalue weighted by Crippen LogP contribution is -2.34. The van der Waals surface area contributed by atoms with Gasteiger partial charge in [-0.05, 0) is 43.5 Å². The van der Waals surface area contributed by atoms with Crippen molar-refractivity contribution in [1.82, 2.24) is 9.88 Å². The van der Waals surface area contributed by atoms with Crippen molar-refractivity contribution in [2.45, 2.75) is 32.4 Å². The predicted octanol–water partition coefficient (Wildman–Crippen LogP) is 4.44. The third-order valence-corrected chi connectivity index (χ3v) is 5.19. The summed E-state index contributed by atoms with van der Waals surface area (Å²) in [5.41, 5.74) is 2.83. The molecule has 3 aromatic rings. The van der Waals surface area contributed by atoms with Gasteiger partial charge in [0.25, 0.3) is 5.91 Å². The van der Waals surface area contributed by atoms with Gasteiger partial charge in [0, 0.05) is 11.4 Å². The third kappa shape index (κ3) is 3.17. The molecule has 1 aliphatic rings. The fourth-order valence-electron chi connectivity index (χ4n) is 3.50. The maximum absolute atomic E-state index is 12.8. The van der Waals surface area contributed by atoms with Gasteiger partial charge in [-0.15, -0.1) is 0 Å². The number of carbonyl (C=O) groups excluding carboxylic acids is 1. The van der Waals surface area contributed by atoms with Crippen LogP contribution in [-0.2, 0) is 13.0 Å². The van der Waals surface area contributed by atoms with Crippen LogP contribution in [-0.4, -0.2) is 23.1 Å². The summed E-state index contributed by atoms with van der Waals surface area (Å²) in [5.74, 6) is 0.720. The molecule has 1 aliphatic heterocycles. The minimum atomic E-state index is -0.0642. The first-order chi connectivity index (χ1) is 12.6. The topological polar surface area (TPSA) is 43.3 Å². The Kier molecular flexibility index (Phi) is 4.60. The highest BCUT2D eigenvalue weighted by atomic mass is 35.5. The summed E-state index contributed by atoms with van der Waals surface area (Å²) in [6.07, 6.45) is 1.83. The summed E-state index contributed by atoms with van der Waals surface area (Å²) < 4.78 is 7.71. The van der Waals surface area contributed by atoms with Gasteiger partial charge < -0.3 is 14.6 Å². The molecule has 1 N–H and O–H groups in total. The highest BCUT2D eigenvalue weighted by molar-refractivity contribution is 6.36. The zero-order valence-electron chi connectivity index (χ0n) is 14.7. The third-order valence-electron chi connectivity index (χ3n) is 4.86. The molecule has 5 heteroatoms. The summed E-state index contributed by atoms with van der Waals surface area (Å²) in [6, 6.07) is 16.0. The number of rotatable bonds is 5. The number of hydrogen-bond donors (Lipinski definition) is 1. The highest BCUT2D eigenvalue weighted by Gasteiger charge is 2.23. The van der Waals surface area contributed by atoms with Gasteiger partial charge in [0.1, 0.15) is 18.1 Å². The second kappa shape index (κ2) is 7.04. The lowest BCUT2D eigenvalue weighted by atomic mass is 10.1. The average molecular weight is 369 g/mol. The largest absolute Gasteiger partial charge is 0.490 e. The van der Waals surface area contributed by atoms with E-state index < -0.39 is 0 Å². The Balaban J connectivity index is 1.52. The quantitative estimate of drug-likeness (QED) is 0.723. The molecule has 0 fully saturated rings. The van der Waals surface area contributed by atoms with Crippen LogP contribution < -0.4 is 10.1 Å². The maximum Gasteiger partial charge on any atom is 0.268 e. The van der Waals surface area contributed by atoms with Gasteiger partial charge in [-0.2, -0.15) is 0 Å². The molecule has 4 rings (SSSR count). The van der Waals surface area contributed by atoms with E-state index in [1.165, 1.54) is 5.56 Å². The van der Waals surface area contributed by atoms with Crippen molar-refractivity contribution in [2.24, 2.45) is 0 Å². The number of amides is 1. The normalized spacial score (nSPS) is 14.1. The van der Waals surface area contributed by atoms with E-state index in [4.69, 9.17) is 16.3 Å². The molecule has 2 heterocycles. The molecule has 0 bridgehead atoms. The summed E-state index contributed by atoms with van der Waals surface area (Å²) in [5, 5.41) is 4.63. The molecular formula is C21H21ClN2O2. The lowest BCUT2D eigenvalue weighted by Gasteiger charge is -2.20. The highest BCUT2D eigenvalue weighted by Crippen LogP contribution is 2.36. The van der Waals surface area contributed by atoms with Gasteiger partial charge in [-0.3, -0.25) is 4.79 Å². The maximum atomic E-state index is 12.8. The first-order valence-corrected chi connectivity index (χ1v) is 9.30. The molecule has 1 atom stereocenters. The molecule has 4 nitrogen and oxygen atoms in total. The lowest BCUT2D eigenvalue weighted by molar-refractivity contribution is 0.0928. The predicted molar refractivity (Wildman–Crippen MR) is 104 cm³/mol. The molecule has 0 radical (unpaired) electrons. The van der Waals surface area contributed by atoms with Crippen LogP contribution in [0.2, 0.25) is 5.02 Å². The Morgan fingerprint density at radius 2 is 2.08 bits per heavy atom. The van der Waals surface area contributed by atoms with E-state index in [1.54, 1.807) is 0 Å². The van der Waals surface area contributed by atoms with Crippen LogP contribution >= 0.6 is 11.6 Å². The number of nitrogens with zero attached hydrogens (tertiary/aromatic N) is 1. The van der Waals surface area contributed by atoms with Gasteiger partial charge in [0.15, 0.2) is 0 Å². The van der Waals surface area contributed by atoms with Crippen LogP contribution in [0, 0.1) is 0 Å². The molecular weight excluding hydrogens is 348 g/mol. The summed E-state index contributed by atoms with van der Waals surface area (Å²) in [6.45, 7) is 3.25. The molecule has 0 saturated heterocycles. The molecule has 2 aromatic carbocycles. The smallest absolute Gasteiger partial charge is 0.268 e. The fraction of sp³-hybridized carbons (Fsp3) is 0.286. The Morgan fingerprint density at radius 1 is 1.27 bits per heavy atom. The second-order valence-corrected chi connectivity index (χ2v) is 7.14.